The van der Waals surface area contributed by atoms with Gasteiger partial charge in [0.05, 0.1) is 12.2 Å². The minimum atomic E-state index is 0.375. The van der Waals surface area contributed by atoms with E-state index in [-0.39, 0.29) is 0 Å². The van der Waals surface area contributed by atoms with E-state index in [0.29, 0.717) is 18.2 Å². The highest BCUT2D eigenvalue weighted by Crippen LogP contribution is 2.24. The summed E-state index contributed by atoms with van der Waals surface area (Å²) in [7, 11) is 0. The van der Waals surface area contributed by atoms with Crippen molar-refractivity contribution in [3.05, 3.63) is 35.4 Å². The fourth-order valence-corrected chi connectivity index (χ4v) is 2.80. The first kappa shape index (κ1) is 13.6. The van der Waals surface area contributed by atoms with Crippen LogP contribution in [0.25, 0.3) is 0 Å². The molecule has 0 aromatic heterocycles. The molecule has 100 valence electrons. The predicted octanol–water partition coefficient (Wildman–Crippen LogP) is 3.08. The Kier molecular flexibility index (Phi) is 4.79. The molecule has 1 aliphatic rings. The highest BCUT2D eigenvalue weighted by Gasteiger charge is 2.29. The first-order chi connectivity index (χ1) is 8.70. The first-order valence-corrected chi connectivity index (χ1v) is 7.14. The van der Waals surface area contributed by atoms with E-state index >= 15 is 0 Å². The number of hydrogen-bond acceptors (Lipinski definition) is 2. The van der Waals surface area contributed by atoms with Crippen LogP contribution in [0, 0.1) is 6.92 Å². The zero-order valence-electron chi connectivity index (χ0n) is 11.8. The summed E-state index contributed by atoms with van der Waals surface area (Å²) in [6.45, 7) is 7.54. The molecule has 18 heavy (non-hydrogen) atoms. The molecule has 1 aromatic rings. The van der Waals surface area contributed by atoms with Crippen molar-refractivity contribution in [2.45, 2.75) is 58.3 Å². The fourth-order valence-electron chi connectivity index (χ4n) is 2.80. The molecule has 2 nitrogen and oxygen atoms in total. The van der Waals surface area contributed by atoms with Crippen LogP contribution >= 0.6 is 0 Å². The summed E-state index contributed by atoms with van der Waals surface area (Å²) in [6, 6.07) is 9.11. The molecule has 0 aliphatic carbocycles. The molecule has 1 N–H and O–H groups in total. The van der Waals surface area contributed by atoms with Crippen molar-refractivity contribution in [2.75, 3.05) is 6.54 Å². The summed E-state index contributed by atoms with van der Waals surface area (Å²) in [5, 5.41) is 3.60. The number of hydrogen-bond donors (Lipinski definition) is 1. The zero-order valence-corrected chi connectivity index (χ0v) is 11.8. The summed E-state index contributed by atoms with van der Waals surface area (Å²) in [6.07, 6.45) is 4.25. The quantitative estimate of drug-likeness (QED) is 0.863. The van der Waals surface area contributed by atoms with Crippen molar-refractivity contribution in [1.82, 2.24) is 5.32 Å². The van der Waals surface area contributed by atoms with Gasteiger partial charge in [-0.25, -0.2) is 0 Å². The van der Waals surface area contributed by atoms with Crippen molar-refractivity contribution in [3.63, 3.8) is 0 Å². The minimum Gasteiger partial charge on any atom is -0.374 e. The van der Waals surface area contributed by atoms with Gasteiger partial charge < -0.3 is 10.1 Å². The van der Waals surface area contributed by atoms with Crippen LogP contribution in [0.15, 0.2) is 24.3 Å². The third kappa shape index (κ3) is 3.33. The second-order valence-electron chi connectivity index (χ2n) is 5.36. The lowest BCUT2D eigenvalue weighted by atomic mass is 9.96. The van der Waals surface area contributed by atoms with Gasteiger partial charge in [0.25, 0.3) is 0 Å². The molecule has 1 aromatic carbocycles. The second-order valence-corrected chi connectivity index (χ2v) is 5.36. The van der Waals surface area contributed by atoms with Gasteiger partial charge in [-0.15, -0.1) is 0 Å². The van der Waals surface area contributed by atoms with Crippen LogP contribution in [0.5, 0.6) is 0 Å². The van der Waals surface area contributed by atoms with Crippen molar-refractivity contribution < 1.29 is 4.74 Å². The van der Waals surface area contributed by atoms with Gasteiger partial charge in [-0.2, -0.15) is 0 Å². The Morgan fingerprint density at radius 2 is 2.11 bits per heavy atom. The Labute approximate surface area is 111 Å². The molecule has 1 saturated heterocycles. The van der Waals surface area contributed by atoms with Crippen LogP contribution in [-0.2, 0) is 11.2 Å². The summed E-state index contributed by atoms with van der Waals surface area (Å²) in [4.78, 5) is 0. The Morgan fingerprint density at radius 1 is 1.33 bits per heavy atom. The van der Waals surface area contributed by atoms with Crippen molar-refractivity contribution in [3.8, 4) is 0 Å². The molecular formula is C16H25NO. The van der Waals surface area contributed by atoms with Crippen LogP contribution in [0.3, 0.4) is 0 Å². The van der Waals surface area contributed by atoms with Crippen LogP contribution < -0.4 is 5.32 Å². The lowest BCUT2D eigenvalue weighted by Gasteiger charge is -2.25. The number of aryl methyl sites for hydroxylation is 1. The van der Waals surface area contributed by atoms with E-state index in [1.54, 1.807) is 0 Å². The average Bonchev–Trinajstić information content (AvgIpc) is 2.78. The van der Waals surface area contributed by atoms with E-state index in [1.807, 2.05) is 0 Å². The van der Waals surface area contributed by atoms with E-state index in [1.165, 1.54) is 24.0 Å². The van der Waals surface area contributed by atoms with E-state index in [2.05, 4.69) is 50.4 Å². The number of nitrogens with one attached hydrogen (secondary N) is 1. The average molecular weight is 247 g/mol. The highest BCUT2D eigenvalue weighted by molar-refractivity contribution is 5.26. The number of rotatable bonds is 5. The van der Waals surface area contributed by atoms with Gasteiger partial charge in [-0.1, -0.05) is 31.2 Å². The van der Waals surface area contributed by atoms with Crippen molar-refractivity contribution >= 4 is 0 Å². The second kappa shape index (κ2) is 6.35. The van der Waals surface area contributed by atoms with E-state index in [0.717, 1.165) is 13.0 Å². The lowest BCUT2D eigenvalue weighted by Crippen LogP contribution is -2.41. The van der Waals surface area contributed by atoms with Crippen LogP contribution in [0.2, 0.25) is 0 Å². The van der Waals surface area contributed by atoms with Crippen LogP contribution in [0.4, 0.5) is 0 Å². The Balaban J connectivity index is 2.04. The van der Waals surface area contributed by atoms with Gasteiger partial charge in [0.2, 0.25) is 0 Å². The predicted molar refractivity (Wildman–Crippen MR) is 75.9 cm³/mol. The summed E-state index contributed by atoms with van der Waals surface area (Å²) in [5.74, 6) is 0. The molecule has 1 fully saturated rings. The maximum absolute atomic E-state index is 6.03. The summed E-state index contributed by atoms with van der Waals surface area (Å²) >= 11 is 0. The maximum atomic E-state index is 6.03. The molecular weight excluding hydrogens is 222 g/mol. The summed E-state index contributed by atoms with van der Waals surface area (Å²) in [5.41, 5.74) is 2.82. The molecule has 0 amide bonds. The van der Waals surface area contributed by atoms with Gasteiger partial charge in [0, 0.05) is 6.04 Å². The Bertz CT molecular complexity index is 377. The lowest BCUT2D eigenvalue weighted by molar-refractivity contribution is 0.0324. The van der Waals surface area contributed by atoms with Crippen LogP contribution in [-0.4, -0.2) is 24.8 Å². The van der Waals surface area contributed by atoms with Gasteiger partial charge in [-0.05, 0) is 50.8 Å². The first-order valence-electron chi connectivity index (χ1n) is 7.14. The fraction of sp³-hybridized carbons (Fsp3) is 0.625. The molecule has 3 atom stereocenters. The maximum Gasteiger partial charge on any atom is 0.0735 e. The molecule has 2 rings (SSSR count). The monoisotopic (exact) mass is 247 g/mol. The highest BCUT2D eigenvalue weighted by atomic mass is 16.5. The Hall–Kier alpha value is -0.860. The third-order valence-electron chi connectivity index (χ3n) is 3.88. The molecule has 3 unspecified atom stereocenters. The molecule has 0 radical (unpaired) electrons. The number of benzene rings is 1. The normalized spacial score (nSPS) is 25.3. The van der Waals surface area contributed by atoms with Crippen molar-refractivity contribution in [1.29, 1.82) is 0 Å². The van der Waals surface area contributed by atoms with Crippen molar-refractivity contribution in [2.24, 2.45) is 0 Å². The molecule has 0 spiro atoms. The molecule has 1 aliphatic heterocycles. The standard InChI is InChI=1S/C16H25NO/c1-4-17-15(16-10-9-13(3)18-16)11-14-8-6-5-7-12(14)2/h5-8,13,15-17H,4,9-11H2,1-3H3. The molecule has 0 bridgehead atoms. The zero-order chi connectivity index (χ0) is 13.0. The van der Waals surface area contributed by atoms with Gasteiger partial charge in [0.1, 0.15) is 0 Å². The van der Waals surface area contributed by atoms with Crippen LogP contribution in [0.1, 0.15) is 37.8 Å². The topological polar surface area (TPSA) is 21.3 Å². The van der Waals surface area contributed by atoms with E-state index in [4.69, 9.17) is 4.74 Å². The van der Waals surface area contributed by atoms with Gasteiger partial charge in [-0.3, -0.25) is 0 Å². The SMILES string of the molecule is CCNC(Cc1ccccc1C)C1CCC(C)O1. The molecule has 1 heterocycles. The summed E-state index contributed by atoms with van der Waals surface area (Å²) < 4.78 is 6.03. The van der Waals surface area contributed by atoms with E-state index < -0.39 is 0 Å². The van der Waals surface area contributed by atoms with Gasteiger partial charge >= 0.3 is 0 Å². The molecule has 0 saturated carbocycles. The number of ether oxygens (including phenoxy) is 1. The largest absolute Gasteiger partial charge is 0.374 e. The number of likely N-dealkylation sites (N-methyl/N-ethyl adjacent to an activating group) is 1. The minimum absolute atomic E-state index is 0.375. The van der Waals surface area contributed by atoms with E-state index in [9.17, 15) is 0 Å². The smallest absolute Gasteiger partial charge is 0.0735 e. The Morgan fingerprint density at radius 3 is 2.72 bits per heavy atom. The van der Waals surface area contributed by atoms with Gasteiger partial charge in [0.15, 0.2) is 0 Å². The molecule has 2 heteroatoms. The third-order valence-corrected chi connectivity index (χ3v) is 3.88.